The predicted octanol–water partition coefficient (Wildman–Crippen LogP) is 5.28. The lowest BCUT2D eigenvalue weighted by molar-refractivity contribution is -0.00513. The molecule has 4 heteroatoms. The van der Waals surface area contributed by atoms with Crippen molar-refractivity contribution in [1.82, 2.24) is 9.78 Å². The van der Waals surface area contributed by atoms with Crippen molar-refractivity contribution in [3.63, 3.8) is 0 Å². The van der Waals surface area contributed by atoms with Gasteiger partial charge in [-0.3, -0.25) is 4.68 Å². The molecule has 0 bridgehead atoms. The Hall–Kier alpha value is -2.59. The molecule has 0 unspecified atom stereocenters. The van der Waals surface area contributed by atoms with Gasteiger partial charge in [0.15, 0.2) is 0 Å². The van der Waals surface area contributed by atoms with E-state index in [9.17, 15) is 5.11 Å². The molecule has 0 saturated heterocycles. The van der Waals surface area contributed by atoms with Gasteiger partial charge >= 0.3 is 0 Å². The van der Waals surface area contributed by atoms with Gasteiger partial charge in [0.1, 0.15) is 11.4 Å². The highest BCUT2D eigenvalue weighted by molar-refractivity contribution is 5.61. The Morgan fingerprint density at radius 2 is 1.96 bits per heavy atom. The van der Waals surface area contributed by atoms with Gasteiger partial charge in [0.25, 0.3) is 0 Å². The van der Waals surface area contributed by atoms with Crippen molar-refractivity contribution >= 4 is 0 Å². The minimum atomic E-state index is -0.812. The van der Waals surface area contributed by atoms with Crippen molar-refractivity contribution in [2.24, 2.45) is 0 Å². The standard InChI is InChI=1S/C24H30N2O2/c1-4-9-21(28-3)10-8-17-26-22(20-13-11-19(2)12-14-20)18-23(25-26)24(27)15-6-5-7-16-24/h4,8-14,18,27H,1,5-7,15-17H2,2-3H3/b10-8-,21-9+. The fourth-order valence-corrected chi connectivity index (χ4v) is 3.71. The number of hydrogen-bond donors (Lipinski definition) is 1. The molecule has 1 fully saturated rings. The van der Waals surface area contributed by atoms with Crippen molar-refractivity contribution in [2.75, 3.05) is 7.11 Å². The zero-order chi connectivity index (χ0) is 20.0. The third-order valence-electron chi connectivity index (χ3n) is 5.36. The summed E-state index contributed by atoms with van der Waals surface area (Å²) in [5.74, 6) is 0.741. The Kier molecular flexibility index (Phi) is 6.53. The van der Waals surface area contributed by atoms with Gasteiger partial charge in [-0.05, 0) is 43.5 Å². The maximum absolute atomic E-state index is 11.2. The molecule has 1 aliphatic rings. The first-order valence-electron chi connectivity index (χ1n) is 9.97. The molecule has 0 atom stereocenters. The quantitative estimate of drug-likeness (QED) is 0.526. The molecule has 28 heavy (non-hydrogen) atoms. The average molecular weight is 379 g/mol. The number of aryl methyl sites for hydroxylation is 1. The molecular formula is C24H30N2O2. The number of nitrogens with zero attached hydrogens (tertiary/aromatic N) is 2. The first-order valence-corrected chi connectivity index (χ1v) is 9.97. The molecule has 1 heterocycles. The molecular weight excluding hydrogens is 348 g/mol. The summed E-state index contributed by atoms with van der Waals surface area (Å²) in [7, 11) is 1.64. The smallest absolute Gasteiger partial charge is 0.118 e. The number of methoxy groups -OCH3 is 1. The summed E-state index contributed by atoms with van der Waals surface area (Å²) in [6.07, 6.45) is 12.3. The Balaban J connectivity index is 1.94. The molecule has 2 aromatic rings. The second-order valence-corrected chi connectivity index (χ2v) is 7.47. The largest absolute Gasteiger partial charge is 0.497 e. The minimum absolute atomic E-state index is 0.594. The van der Waals surface area contributed by atoms with Gasteiger partial charge in [0, 0.05) is 0 Å². The molecule has 1 aliphatic carbocycles. The van der Waals surface area contributed by atoms with Gasteiger partial charge in [0.2, 0.25) is 0 Å². The van der Waals surface area contributed by atoms with Crippen LogP contribution in [-0.4, -0.2) is 22.0 Å². The number of hydrogen-bond acceptors (Lipinski definition) is 3. The van der Waals surface area contributed by atoms with Gasteiger partial charge in [-0.25, -0.2) is 0 Å². The number of rotatable bonds is 7. The lowest BCUT2D eigenvalue weighted by Gasteiger charge is -2.30. The number of aromatic nitrogens is 2. The van der Waals surface area contributed by atoms with Gasteiger partial charge < -0.3 is 9.84 Å². The second-order valence-electron chi connectivity index (χ2n) is 7.47. The topological polar surface area (TPSA) is 47.3 Å². The number of benzene rings is 1. The first-order chi connectivity index (χ1) is 13.6. The lowest BCUT2D eigenvalue weighted by Crippen LogP contribution is -2.29. The number of ether oxygens (including phenoxy) is 1. The van der Waals surface area contributed by atoms with E-state index in [-0.39, 0.29) is 0 Å². The molecule has 4 nitrogen and oxygen atoms in total. The van der Waals surface area contributed by atoms with Crippen molar-refractivity contribution in [2.45, 2.75) is 51.2 Å². The maximum atomic E-state index is 11.2. The second kappa shape index (κ2) is 9.07. The van der Waals surface area contributed by atoms with E-state index in [1.165, 1.54) is 12.0 Å². The summed E-state index contributed by atoms with van der Waals surface area (Å²) in [5.41, 5.74) is 3.31. The highest BCUT2D eigenvalue weighted by Crippen LogP contribution is 2.37. The molecule has 0 aliphatic heterocycles. The molecule has 0 spiro atoms. The number of allylic oxidation sites excluding steroid dienone is 4. The zero-order valence-electron chi connectivity index (χ0n) is 16.9. The van der Waals surface area contributed by atoms with Crippen LogP contribution < -0.4 is 0 Å². The summed E-state index contributed by atoms with van der Waals surface area (Å²) in [6, 6.07) is 10.5. The molecule has 3 rings (SSSR count). The Morgan fingerprint density at radius 1 is 1.25 bits per heavy atom. The Labute approximate surface area is 167 Å². The third kappa shape index (κ3) is 4.63. The Morgan fingerprint density at radius 3 is 2.61 bits per heavy atom. The average Bonchev–Trinajstić information content (AvgIpc) is 3.13. The molecule has 0 amide bonds. The van der Waals surface area contributed by atoms with Crippen LogP contribution in [0, 0.1) is 6.92 Å². The van der Waals surface area contributed by atoms with Crippen LogP contribution in [0.2, 0.25) is 0 Å². The van der Waals surface area contributed by atoms with Crippen LogP contribution in [0.3, 0.4) is 0 Å². The van der Waals surface area contributed by atoms with Crippen molar-refractivity contribution in [3.05, 3.63) is 78.2 Å². The van der Waals surface area contributed by atoms with Crippen LogP contribution in [0.5, 0.6) is 0 Å². The van der Waals surface area contributed by atoms with E-state index in [1.807, 2.05) is 22.9 Å². The lowest BCUT2D eigenvalue weighted by atomic mass is 9.82. The molecule has 1 aromatic carbocycles. The van der Waals surface area contributed by atoms with E-state index in [2.05, 4.69) is 43.8 Å². The molecule has 1 aromatic heterocycles. The van der Waals surface area contributed by atoms with Crippen LogP contribution in [0.15, 0.2) is 67.0 Å². The van der Waals surface area contributed by atoms with Crippen LogP contribution in [-0.2, 0) is 16.9 Å². The number of aliphatic hydroxyl groups is 1. The molecule has 148 valence electrons. The van der Waals surface area contributed by atoms with Crippen LogP contribution in [0.1, 0.15) is 43.4 Å². The predicted molar refractivity (Wildman–Crippen MR) is 114 cm³/mol. The molecule has 1 N–H and O–H groups in total. The van der Waals surface area contributed by atoms with Crippen molar-refractivity contribution in [3.8, 4) is 11.3 Å². The summed E-state index contributed by atoms with van der Waals surface area (Å²) < 4.78 is 7.27. The van der Waals surface area contributed by atoms with E-state index in [0.717, 1.165) is 48.4 Å². The fourth-order valence-electron chi connectivity index (χ4n) is 3.71. The normalized spacial score (nSPS) is 17.0. The maximum Gasteiger partial charge on any atom is 0.118 e. The minimum Gasteiger partial charge on any atom is -0.497 e. The summed E-state index contributed by atoms with van der Waals surface area (Å²) in [4.78, 5) is 0. The van der Waals surface area contributed by atoms with Crippen LogP contribution >= 0.6 is 0 Å². The third-order valence-corrected chi connectivity index (χ3v) is 5.36. The zero-order valence-corrected chi connectivity index (χ0v) is 16.9. The summed E-state index contributed by atoms with van der Waals surface area (Å²) in [5, 5.41) is 16.0. The fraction of sp³-hybridized carbons (Fsp3) is 0.375. The van der Waals surface area contributed by atoms with E-state index in [1.54, 1.807) is 13.2 Å². The van der Waals surface area contributed by atoms with Crippen LogP contribution in [0.4, 0.5) is 0 Å². The summed E-state index contributed by atoms with van der Waals surface area (Å²) in [6.45, 7) is 6.38. The van der Waals surface area contributed by atoms with E-state index >= 15 is 0 Å². The van der Waals surface area contributed by atoms with Crippen molar-refractivity contribution < 1.29 is 9.84 Å². The van der Waals surface area contributed by atoms with E-state index in [0.29, 0.717) is 6.54 Å². The molecule has 1 saturated carbocycles. The highest BCUT2D eigenvalue weighted by Gasteiger charge is 2.34. The molecule has 0 radical (unpaired) electrons. The van der Waals surface area contributed by atoms with Gasteiger partial charge in [-0.1, -0.05) is 67.8 Å². The Bertz CT molecular complexity index is 853. The monoisotopic (exact) mass is 378 g/mol. The van der Waals surface area contributed by atoms with Crippen molar-refractivity contribution in [1.29, 1.82) is 0 Å². The van der Waals surface area contributed by atoms with Gasteiger partial charge in [-0.15, -0.1) is 0 Å². The first kappa shape index (κ1) is 20.2. The SMILES string of the molecule is C=C/C=C(\C=C/Cn1nc(C2(O)CCCCC2)cc1-c1ccc(C)cc1)OC. The van der Waals surface area contributed by atoms with Crippen LogP contribution in [0.25, 0.3) is 11.3 Å². The highest BCUT2D eigenvalue weighted by atomic mass is 16.5. The summed E-state index contributed by atoms with van der Waals surface area (Å²) >= 11 is 0. The van der Waals surface area contributed by atoms with Gasteiger partial charge in [-0.2, -0.15) is 5.10 Å². The van der Waals surface area contributed by atoms with Gasteiger partial charge in [0.05, 0.1) is 25.0 Å². The van der Waals surface area contributed by atoms with E-state index in [4.69, 9.17) is 9.84 Å². The van der Waals surface area contributed by atoms with E-state index < -0.39 is 5.60 Å².